The molecule has 0 radical (unpaired) electrons. The average Bonchev–Trinajstić information content (AvgIpc) is 2.47. The van der Waals surface area contributed by atoms with Crippen molar-refractivity contribution in [2.24, 2.45) is 4.99 Å². The van der Waals surface area contributed by atoms with Crippen LogP contribution in [0.5, 0.6) is 0 Å². The normalized spacial score (nSPS) is 15.7. The van der Waals surface area contributed by atoms with Gasteiger partial charge < -0.3 is 4.74 Å². The summed E-state index contributed by atoms with van der Waals surface area (Å²) >= 11 is 9.33. The van der Waals surface area contributed by atoms with Gasteiger partial charge in [-0.15, -0.1) is 0 Å². The molecule has 0 amide bonds. The van der Waals surface area contributed by atoms with E-state index < -0.39 is 0 Å². The van der Waals surface area contributed by atoms with Crippen LogP contribution in [0.1, 0.15) is 11.1 Å². The van der Waals surface area contributed by atoms with Crippen LogP contribution in [0.2, 0.25) is 5.02 Å². The van der Waals surface area contributed by atoms with E-state index in [0.29, 0.717) is 16.7 Å². The van der Waals surface area contributed by atoms with Crippen molar-refractivity contribution in [2.45, 2.75) is 0 Å². The molecule has 0 saturated heterocycles. The van der Waals surface area contributed by atoms with Crippen molar-refractivity contribution in [3.63, 3.8) is 0 Å². The molecule has 94 valence electrons. The first kappa shape index (κ1) is 12.5. The summed E-state index contributed by atoms with van der Waals surface area (Å²) in [7, 11) is 0. The molecule has 0 spiro atoms. The van der Waals surface area contributed by atoms with Crippen LogP contribution in [0.15, 0.2) is 58.5 Å². The standard InChI is InChI=1S/C15H9BrClNO/c16-9-14-12-8-11(17)6-7-13(12)18-15(19-14)10-4-2-1-3-5-10/h1-9H/b14-9-. The number of halogens is 2. The summed E-state index contributed by atoms with van der Waals surface area (Å²) < 4.78 is 5.81. The van der Waals surface area contributed by atoms with Crippen LogP contribution in [-0.4, -0.2) is 5.90 Å². The fourth-order valence-electron chi connectivity index (χ4n) is 1.88. The molecule has 19 heavy (non-hydrogen) atoms. The monoisotopic (exact) mass is 333 g/mol. The van der Waals surface area contributed by atoms with E-state index in [-0.39, 0.29) is 0 Å². The Labute approximate surface area is 124 Å². The van der Waals surface area contributed by atoms with Gasteiger partial charge >= 0.3 is 0 Å². The Balaban J connectivity index is 2.14. The van der Waals surface area contributed by atoms with Gasteiger partial charge in [0.05, 0.1) is 5.69 Å². The van der Waals surface area contributed by atoms with Crippen LogP contribution in [0, 0.1) is 0 Å². The molecule has 2 aromatic carbocycles. The zero-order valence-corrected chi connectivity index (χ0v) is 12.1. The second-order valence-electron chi connectivity index (χ2n) is 4.02. The maximum atomic E-state index is 6.01. The van der Waals surface area contributed by atoms with E-state index in [2.05, 4.69) is 20.9 Å². The lowest BCUT2D eigenvalue weighted by molar-refractivity contribution is 0.505. The minimum absolute atomic E-state index is 0.584. The van der Waals surface area contributed by atoms with Gasteiger partial charge in [0.1, 0.15) is 5.76 Å². The third kappa shape index (κ3) is 2.44. The number of nitrogens with zero attached hydrogens (tertiary/aromatic N) is 1. The van der Waals surface area contributed by atoms with Gasteiger partial charge in [0.2, 0.25) is 5.90 Å². The molecule has 2 nitrogen and oxygen atoms in total. The van der Waals surface area contributed by atoms with Crippen molar-refractivity contribution >= 4 is 44.9 Å². The summed E-state index contributed by atoms with van der Waals surface area (Å²) in [6.45, 7) is 0. The molecule has 1 aliphatic rings. The first-order valence-electron chi connectivity index (χ1n) is 5.70. The predicted molar refractivity (Wildman–Crippen MR) is 82.1 cm³/mol. The van der Waals surface area contributed by atoms with Gasteiger partial charge in [0.15, 0.2) is 0 Å². The van der Waals surface area contributed by atoms with Gasteiger partial charge in [0, 0.05) is 21.1 Å². The molecule has 3 rings (SSSR count). The summed E-state index contributed by atoms with van der Waals surface area (Å²) in [5, 5.41) is 0.660. The number of ether oxygens (including phenoxy) is 1. The second-order valence-corrected chi connectivity index (χ2v) is 4.91. The first-order valence-corrected chi connectivity index (χ1v) is 6.99. The molecule has 0 aliphatic carbocycles. The SMILES string of the molecule is Clc1ccc2c(c1)/C(=C/Br)OC(c1ccccc1)=N2. The van der Waals surface area contributed by atoms with Crippen molar-refractivity contribution in [3.8, 4) is 0 Å². The van der Waals surface area contributed by atoms with E-state index in [1.165, 1.54) is 0 Å². The molecular formula is C15H9BrClNO. The highest BCUT2D eigenvalue weighted by Crippen LogP contribution is 2.35. The van der Waals surface area contributed by atoms with Gasteiger partial charge in [-0.1, -0.05) is 45.7 Å². The number of aliphatic imine (C=N–C) groups is 1. The van der Waals surface area contributed by atoms with Gasteiger partial charge in [-0.2, -0.15) is 0 Å². The third-order valence-corrected chi connectivity index (χ3v) is 3.42. The summed E-state index contributed by atoms with van der Waals surface area (Å²) in [4.78, 5) is 6.26. The fourth-order valence-corrected chi connectivity index (χ4v) is 2.39. The summed E-state index contributed by atoms with van der Waals surface area (Å²) in [6, 6.07) is 15.4. The zero-order chi connectivity index (χ0) is 13.2. The second kappa shape index (κ2) is 5.19. The van der Waals surface area contributed by atoms with Crippen molar-refractivity contribution in [1.29, 1.82) is 0 Å². The Morgan fingerprint density at radius 3 is 2.63 bits per heavy atom. The molecule has 0 bridgehead atoms. The smallest absolute Gasteiger partial charge is 0.227 e. The number of benzene rings is 2. The predicted octanol–water partition coefficient (Wildman–Crippen LogP) is 5.14. The van der Waals surface area contributed by atoms with Crippen molar-refractivity contribution in [2.75, 3.05) is 0 Å². The largest absolute Gasteiger partial charge is 0.437 e. The molecule has 0 aromatic heterocycles. The Morgan fingerprint density at radius 2 is 1.89 bits per heavy atom. The van der Waals surface area contributed by atoms with E-state index >= 15 is 0 Å². The summed E-state index contributed by atoms with van der Waals surface area (Å²) in [5.41, 5.74) is 2.67. The van der Waals surface area contributed by atoms with Crippen LogP contribution in [-0.2, 0) is 4.74 Å². The van der Waals surface area contributed by atoms with E-state index in [1.807, 2.05) is 48.5 Å². The lowest BCUT2D eigenvalue weighted by Crippen LogP contribution is -2.10. The van der Waals surface area contributed by atoms with Crippen molar-refractivity contribution in [1.82, 2.24) is 0 Å². The zero-order valence-electron chi connectivity index (χ0n) is 9.81. The lowest BCUT2D eigenvalue weighted by Gasteiger charge is -2.19. The maximum absolute atomic E-state index is 6.01. The van der Waals surface area contributed by atoms with E-state index in [9.17, 15) is 0 Å². The lowest BCUT2D eigenvalue weighted by atomic mass is 10.1. The van der Waals surface area contributed by atoms with Crippen LogP contribution in [0.3, 0.4) is 0 Å². The molecule has 1 heterocycles. The molecule has 4 heteroatoms. The summed E-state index contributed by atoms with van der Waals surface area (Å²) in [5.74, 6) is 1.28. The third-order valence-electron chi connectivity index (χ3n) is 2.77. The number of hydrogen-bond acceptors (Lipinski definition) is 2. The highest BCUT2D eigenvalue weighted by atomic mass is 79.9. The van der Waals surface area contributed by atoms with E-state index in [1.54, 1.807) is 4.99 Å². The minimum atomic E-state index is 0.584. The van der Waals surface area contributed by atoms with Crippen molar-refractivity contribution < 1.29 is 4.74 Å². The number of hydrogen-bond donors (Lipinski definition) is 0. The Morgan fingerprint density at radius 1 is 1.11 bits per heavy atom. The van der Waals surface area contributed by atoms with Crippen LogP contribution >= 0.6 is 27.5 Å². The molecule has 0 fully saturated rings. The van der Waals surface area contributed by atoms with Crippen LogP contribution < -0.4 is 0 Å². The number of rotatable bonds is 1. The van der Waals surface area contributed by atoms with E-state index in [0.717, 1.165) is 16.8 Å². The Hall–Kier alpha value is -1.58. The Kier molecular flexibility index (Phi) is 3.40. The summed E-state index contributed by atoms with van der Waals surface area (Å²) in [6.07, 6.45) is 0. The molecular weight excluding hydrogens is 326 g/mol. The molecule has 0 N–H and O–H groups in total. The quantitative estimate of drug-likeness (QED) is 0.707. The minimum Gasteiger partial charge on any atom is -0.437 e. The van der Waals surface area contributed by atoms with Crippen LogP contribution in [0.25, 0.3) is 5.76 Å². The molecule has 0 saturated carbocycles. The first-order chi connectivity index (χ1) is 9.28. The molecule has 2 aromatic rings. The van der Waals surface area contributed by atoms with E-state index in [4.69, 9.17) is 16.3 Å². The highest BCUT2D eigenvalue weighted by Gasteiger charge is 2.19. The molecule has 0 atom stereocenters. The van der Waals surface area contributed by atoms with Gasteiger partial charge in [0.25, 0.3) is 0 Å². The van der Waals surface area contributed by atoms with Crippen LogP contribution in [0.4, 0.5) is 5.69 Å². The number of fused-ring (bicyclic) bond motifs is 1. The van der Waals surface area contributed by atoms with Gasteiger partial charge in [-0.05, 0) is 30.3 Å². The van der Waals surface area contributed by atoms with Gasteiger partial charge in [-0.25, -0.2) is 4.99 Å². The molecule has 1 aliphatic heterocycles. The average molecular weight is 335 g/mol. The molecule has 0 unspecified atom stereocenters. The van der Waals surface area contributed by atoms with Gasteiger partial charge in [-0.3, -0.25) is 0 Å². The Bertz CT molecular complexity index is 680. The topological polar surface area (TPSA) is 21.6 Å². The fraction of sp³-hybridized carbons (Fsp3) is 0. The highest BCUT2D eigenvalue weighted by molar-refractivity contribution is 9.11. The maximum Gasteiger partial charge on any atom is 0.227 e. The van der Waals surface area contributed by atoms with Crippen molar-refractivity contribution in [3.05, 3.63) is 69.7 Å².